The molecule has 124 valence electrons. The van der Waals surface area contributed by atoms with Crippen LogP contribution in [-0.4, -0.2) is 36.9 Å². The molecule has 1 amide bonds. The maximum atomic E-state index is 12.7. The number of carbonyl (C=O) groups is 1. The van der Waals surface area contributed by atoms with Crippen molar-refractivity contribution < 1.29 is 4.79 Å². The zero-order chi connectivity index (χ0) is 16.4. The molecule has 0 aliphatic carbocycles. The molecule has 0 saturated carbocycles. The van der Waals surface area contributed by atoms with Crippen LogP contribution in [0, 0.1) is 6.92 Å². The van der Waals surface area contributed by atoms with Crippen LogP contribution in [0.4, 0.5) is 0 Å². The van der Waals surface area contributed by atoms with E-state index in [2.05, 4.69) is 33.4 Å². The molecule has 23 heavy (non-hydrogen) atoms. The van der Waals surface area contributed by atoms with Gasteiger partial charge in [0.2, 0.25) is 5.91 Å². The molecule has 0 unspecified atom stereocenters. The van der Waals surface area contributed by atoms with E-state index in [1.807, 2.05) is 30.4 Å². The smallest absolute Gasteiger partial charge is 0.224 e. The van der Waals surface area contributed by atoms with E-state index in [0.717, 1.165) is 36.7 Å². The van der Waals surface area contributed by atoms with Crippen molar-refractivity contribution in [3.63, 3.8) is 0 Å². The van der Waals surface area contributed by atoms with Crippen molar-refractivity contribution in [1.82, 2.24) is 24.4 Å². The Balaban J connectivity index is 1.64. The Hall–Kier alpha value is -2.11. The fourth-order valence-corrected chi connectivity index (χ4v) is 3.32. The number of carbonyl (C=O) groups excluding carboxylic acids is 1. The van der Waals surface area contributed by atoms with Crippen LogP contribution < -0.4 is 0 Å². The normalized spacial score (nSPS) is 18.1. The number of H-pyrrole nitrogens is 1. The Bertz CT molecular complexity index is 672. The molecule has 0 bridgehead atoms. The SMILES string of the molecule is Cc1cnc([C@@H]2CCCN2C(=O)CCn2ccnc2C(C)C)[nH]1. The van der Waals surface area contributed by atoms with Gasteiger partial charge in [0.25, 0.3) is 0 Å². The number of amides is 1. The Labute approximate surface area is 136 Å². The fraction of sp³-hybridized carbons (Fsp3) is 0.588. The van der Waals surface area contributed by atoms with Gasteiger partial charge < -0.3 is 14.5 Å². The Morgan fingerprint density at radius 1 is 1.43 bits per heavy atom. The highest BCUT2D eigenvalue weighted by molar-refractivity contribution is 5.76. The monoisotopic (exact) mass is 315 g/mol. The summed E-state index contributed by atoms with van der Waals surface area (Å²) < 4.78 is 2.09. The molecule has 1 N–H and O–H groups in total. The molecule has 0 radical (unpaired) electrons. The van der Waals surface area contributed by atoms with Crippen molar-refractivity contribution in [3.8, 4) is 0 Å². The zero-order valence-corrected chi connectivity index (χ0v) is 14.1. The van der Waals surface area contributed by atoms with E-state index in [9.17, 15) is 4.79 Å². The largest absolute Gasteiger partial charge is 0.344 e. The van der Waals surface area contributed by atoms with Crippen molar-refractivity contribution in [2.24, 2.45) is 0 Å². The number of rotatable bonds is 5. The van der Waals surface area contributed by atoms with Gasteiger partial charge in [0.15, 0.2) is 0 Å². The summed E-state index contributed by atoms with van der Waals surface area (Å²) in [5, 5.41) is 0. The summed E-state index contributed by atoms with van der Waals surface area (Å²) >= 11 is 0. The number of likely N-dealkylation sites (tertiary alicyclic amines) is 1. The van der Waals surface area contributed by atoms with Gasteiger partial charge in [-0.05, 0) is 19.8 Å². The fourth-order valence-electron chi connectivity index (χ4n) is 3.32. The van der Waals surface area contributed by atoms with Crippen LogP contribution in [0.3, 0.4) is 0 Å². The average Bonchev–Trinajstić information content (AvgIpc) is 3.23. The summed E-state index contributed by atoms with van der Waals surface area (Å²) in [4.78, 5) is 26.7. The molecular formula is C17H25N5O. The van der Waals surface area contributed by atoms with E-state index >= 15 is 0 Å². The zero-order valence-electron chi connectivity index (χ0n) is 14.1. The number of aromatic amines is 1. The molecule has 1 fully saturated rings. The van der Waals surface area contributed by atoms with Gasteiger partial charge >= 0.3 is 0 Å². The minimum Gasteiger partial charge on any atom is -0.344 e. The van der Waals surface area contributed by atoms with Crippen LogP contribution in [0.25, 0.3) is 0 Å². The van der Waals surface area contributed by atoms with Gasteiger partial charge in [-0.3, -0.25) is 4.79 Å². The number of hydrogen-bond donors (Lipinski definition) is 1. The van der Waals surface area contributed by atoms with Crippen molar-refractivity contribution >= 4 is 5.91 Å². The standard InChI is InChI=1S/C17H25N5O/c1-12(2)17-18-7-10-21(17)9-6-15(23)22-8-4-5-14(22)16-19-11-13(3)20-16/h7,10-12,14H,4-6,8-9H2,1-3H3,(H,19,20)/t14-/m0/s1. The Morgan fingerprint density at radius 3 is 2.96 bits per heavy atom. The topological polar surface area (TPSA) is 66.8 Å². The highest BCUT2D eigenvalue weighted by Crippen LogP contribution is 2.30. The van der Waals surface area contributed by atoms with E-state index in [4.69, 9.17) is 0 Å². The van der Waals surface area contributed by atoms with Crippen molar-refractivity contribution in [2.45, 2.75) is 58.5 Å². The number of hydrogen-bond acceptors (Lipinski definition) is 3. The van der Waals surface area contributed by atoms with Crippen LogP contribution in [0.2, 0.25) is 0 Å². The summed E-state index contributed by atoms with van der Waals surface area (Å²) in [7, 11) is 0. The lowest BCUT2D eigenvalue weighted by Crippen LogP contribution is -2.31. The Kier molecular flexibility index (Phi) is 4.50. The van der Waals surface area contributed by atoms with Crippen LogP contribution in [0.1, 0.15) is 62.4 Å². The molecule has 1 saturated heterocycles. The number of imidazole rings is 2. The van der Waals surface area contributed by atoms with Gasteiger partial charge in [-0.25, -0.2) is 9.97 Å². The lowest BCUT2D eigenvalue weighted by atomic mass is 10.2. The Morgan fingerprint density at radius 2 is 2.26 bits per heavy atom. The molecule has 0 aromatic carbocycles. The highest BCUT2D eigenvalue weighted by Gasteiger charge is 2.31. The number of aryl methyl sites for hydroxylation is 2. The molecular weight excluding hydrogens is 290 g/mol. The highest BCUT2D eigenvalue weighted by atomic mass is 16.2. The predicted molar refractivity (Wildman–Crippen MR) is 87.9 cm³/mol. The van der Waals surface area contributed by atoms with Crippen LogP contribution >= 0.6 is 0 Å². The third-order valence-corrected chi connectivity index (χ3v) is 4.44. The molecule has 0 spiro atoms. The van der Waals surface area contributed by atoms with Crippen molar-refractivity contribution in [1.29, 1.82) is 0 Å². The van der Waals surface area contributed by atoms with E-state index in [1.165, 1.54) is 0 Å². The van der Waals surface area contributed by atoms with Crippen LogP contribution in [-0.2, 0) is 11.3 Å². The molecule has 1 aliphatic heterocycles. The van der Waals surface area contributed by atoms with Gasteiger partial charge in [-0.1, -0.05) is 13.8 Å². The quantitative estimate of drug-likeness (QED) is 0.922. The summed E-state index contributed by atoms with van der Waals surface area (Å²) in [6.07, 6.45) is 8.13. The third kappa shape index (κ3) is 3.30. The minimum absolute atomic E-state index is 0.101. The predicted octanol–water partition coefficient (Wildman–Crippen LogP) is 2.79. The summed E-state index contributed by atoms with van der Waals surface area (Å²) in [6, 6.07) is 0.101. The second kappa shape index (κ2) is 6.56. The number of nitrogens with zero attached hydrogens (tertiary/aromatic N) is 4. The number of aromatic nitrogens is 4. The average molecular weight is 315 g/mol. The summed E-state index contributed by atoms with van der Waals surface area (Å²) in [5.41, 5.74) is 1.04. The summed E-state index contributed by atoms with van der Waals surface area (Å²) in [6.45, 7) is 7.74. The third-order valence-electron chi connectivity index (χ3n) is 4.44. The van der Waals surface area contributed by atoms with Gasteiger partial charge in [0.1, 0.15) is 11.6 Å². The molecule has 1 aliphatic rings. The molecule has 6 heteroatoms. The lowest BCUT2D eigenvalue weighted by Gasteiger charge is -2.23. The van der Waals surface area contributed by atoms with E-state index < -0.39 is 0 Å². The first-order valence-electron chi connectivity index (χ1n) is 8.38. The van der Waals surface area contributed by atoms with Crippen molar-refractivity contribution in [3.05, 3.63) is 35.9 Å². The van der Waals surface area contributed by atoms with Crippen molar-refractivity contribution in [2.75, 3.05) is 6.54 Å². The maximum absolute atomic E-state index is 12.7. The van der Waals surface area contributed by atoms with E-state index in [-0.39, 0.29) is 11.9 Å². The summed E-state index contributed by atoms with van der Waals surface area (Å²) in [5.74, 6) is 2.52. The minimum atomic E-state index is 0.101. The molecule has 2 aromatic rings. The molecule has 3 heterocycles. The number of nitrogens with one attached hydrogen (secondary N) is 1. The van der Waals surface area contributed by atoms with E-state index in [1.54, 1.807) is 0 Å². The molecule has 6 nitrogen and oxygen atoms in total. The van der Waals surface area contributed by atoms with Gasteiger partial charge in [0.05, 0.1) is 6.04 Å². The second-order valence-electron chi connectivity index (χ2n) is 6.58. The first-order chi connectivity index (χ1) is 11.1. The molecule has 1 atom stereocenters. The van der Waals surface area contributed by atoms with E-state index in [0.29, 0.717) is 18.9 Å². The maximum Gasteiger partial charge on any atom is 0.224 e. The van der Waals surface area contributed by atoms with Gasteiger partial charge in [-0.15, -0.1) is 0 Å². The second-order valence-corrected chi connectivity index (χ2v) is 6.58. The van der Waals surface area contributed by atoms with Gasteiger partial charge in [0, 0.05) is 49.7 Å². The first-order valence-corrected chi connectivity index (χ1v) is 8.38. The lowest BCUT2D eigenvalue weighted by molar-refractivity contribution is -0.132. The molecule has 3 rings (SSSR count). The first kappa shape index (κ1) is 15.8. The van der Waals surface area contributed by atoms with Crippen LogP contribution in [0.15, 0.2) is 18.6 Å². The molecule has 2 aromatic heterocycles. The van der Waals surface area contributed by atoms with Gasteiger partial charge in [-0.2, -0.15) is 0 Å². The van der Waals surface area contributed by atoms with Crippen LogP contribution in [0.5, 0.6) is 0 Å².